The summed E-state index contributed by atoms with van der Waals surface area (Å²) in [6.07, 6.45) is 6.00. The first kappa shape index (κ1) is 5.36. The number of allylic oxidation sites excluding steroid dienone is 1. The molecule has 1 heteroatoms. The Labute approximate surface area is 66.1 Å². The molecule has 4 aliphatic rings. The van der Waals surface area contributed by atoms with E-state index in [9.17, 15) is 5.11 Å². The van der Waals surface area contributed by atoms with Gasteiger partial charge < -0.3 is 5.11 Å². The molecule has 1 nitrogen and oxygen atoms in total. The zero-order chi connectivity index (χ0) is 7.16. The standard InChI is InChI=1S/C10H12O/c11-10-5-2-1-4-3-6(10)9-7(4)8(5)9/h1-2,4-11H,3H2. The SMILES string of the molecule is OC1C2C=CC3CC1C1C3C21. The highest BCUT2D eigenvalue weighted by molar-refractivity contribution is 5.29. The monoisotopic (exact) mass is 148 g/mol. The molecule has 0 heterocycles. The minimum atomic E-state index is 0.0324. The predicted octanol–water partition coefficient (Wildman–Crippen LogP) is 1.05. The maximum atomic E-state index is 9.85. The Kier molecular flexibility index (Phi) is 0.637. The van der Waals surface area contributed by atoms with Gasteiger partial charge in [0.25, 0.3) is 0 Å². The minimum Gasteiger partial charge on any atom is -0.392 e. The summed E-state index contributed by atoms with van der Waals surface area (Å²) < 4.78 is 0. The molecule has 4 rings (SSSR count). The lowest BCUT2D eigenvalue weighted by Gasteiger charge is -2.18. The molecule has 0 aliphatic heterocycles. The van der Waals surface area contributed by atoms with Gasteiger partial charge in [-0.1, -0.05) is 12.2 Å². The van der Waals surface area contributed by atoms with Crippen LogP contribution in [0, 0.1) is 35.5 Å². The number of aliphatic hydroxyl groups is 1. The first-order valence-corrected chi connectivity index (χ1v) is 4.74. The van der Waals surface area contributed by atoms with Crippen LogP contribution in [0.4, 0.5) is 0 Å². The fourth-order valence-corrected chi connectivity index (χ4v) is 4.27. The molecule has 3 saturated carbocycles. The summed E-state index contributed by atoms with van der Waals surface area (Å²) in [5.74, 6) is 4.99. The second-order valence-corrected chi connectivity index (χ2v) is 4.75. The Bertz CT molecular complexity index is 256. The van der Waals surface area contributed by atoms with Crippen LogP contribution in [-0.2, 0) is 0 Å². The Morgan fingerprint density at radius 3 is 2.82 bits per heavy atom. The van der Waals surface area contributed by atoms with Gasteiger partial charge in [-0.25, -0.2) is 0 Å². The van der Waals surface area contributed by atoms with Gasteiger partial charge in [0, 0.05) is 5.92 Å². The van der Waals surface area contributed by atoms with Gasteiger partial charge in [-0.05, 0) is 36.0 Å². The highest BCUT2D eigenvalue weighted by Crippen LogP contribution is 2.74. The lowest BCUT2D eigenvalue weighted by atomic mass is 9.90. The Balaban J connectivity index is 1.95. The molecular formula is C10H12O. The summed E-state index contributed by atoms with van der Waals surface area (Å²) in [7, 11) is 0. The van der Waals surface area contributed by atoms with E-state index in [4.69, 9.17) is 0 Å². The molecule has 0 amide bonds. The number of aliphatic hydroxyl groups excluding tert-OH is 1. The summed E-state index contributed by atoms with van der Waals surface area (Å²) in [6.45, 7) is 0. The van der Waals surface area contributed by atoms with Gasteiger partial charge in [0.05, 0.1) is 6.10 Å². The van der Waals surface area contributed by atoms with E-state index in [2.05, 4.69) is 12.2 Å². The van der Waals surface area contributed by atoms with Gasteiger partial charge in [0.15, 0.2) is 0 Å². The highest BCUT2D eigenvalue weighted by Gasteiger charge is 2.72. The van der Waals surface area contributed by atoms with Crippen LogP contribution in [0.25, 0.3) is 0 Å². The van der Waals surface area contributed by atoms with E-state index in [-0.39, 0.29) is 6.10 Å². The van der Waals surface area contributed by atoms with Crippen molar-refractivity contribution in [1.29, 1.82) is 0 Å². The van der Waals surface area contributed by atoms with Gasteiger partial charge in [0.1, 0.15) is 0 Å². The molecule has 0 spiro atoms. The first-order valence-electron chi connectivity index (χ1n) is 4.74. The van der Waals surface area contributed by atoms with Crippen LogP contribution in [0.5, 0.6) is 0 Å². The number of hydrogen-bond acceptors (Lipinski definition) is 1. The maximum Gasteiger partial charge on any atom is 0.0636 e. The van der Waals surface area contributed by atoms with E-state index in [0.29, 0.717) is 11.8 Å². The average molecular weight is 148 g/mol. The quantitative estimate of drug-likeness (QED) is 0.509. The summed E-state index contributed by atoms with van der Waals surface area (Å²) >= 11 is 0. The third-order valence-corrected chi connectivity index (χ3v) is 4.58. The normalized spacial score (nSPS) is 74.1. The van der Waals surface area contributed by atoms with Gasteiger partial charge in [-0.15, -0.1) is 0 Å². The van der Waals surface area contributed by atoms with Gasteiger partial charge in [-0.2, -0.15) is 0 Å². The second-order valence-electron chi connectivity index (χ2n) is 4.75. The van der Waals surface area contributed by atoms with E-state index in [1.165, 1.54) is 6.42 Å². The highest BCUT2D eigenvalue weighted by atomic mass is 16.3. The molecule has 4 aliphatic carbocycles. The molecule has 0 aromatic carbocycles. The Morgan fingerprint density at radius 2 is 2.00 bits per heavy atom. The van der Waals surface area contributed by atoms with Crippen molar-refractivity contribution in [3.05, 3.63) is 12.2 Å². The Morgan fingerprint density at radius 1 is 1.09 bits per heavy atom. The fraction of sp³-hybridized carbons (Fsp3) is 0.800. The van der Waals surface area contributed by atoms with Crippen molar-refractivity contribution in [3.63, 3.8) is 0 Å². The molecule has 0 radical (unpaired) electrons. The number of rotatable bonds is 0. The zero-order valence-corrected chi connectivity index (χ0v) is 6.35. The summed E-state index contributed by atoms with van der Waals surface area (Å²) in [5.41, 5.74) is 0. The molecule has 0 bridgehead atoms. The molecule has 3 fully saturated rings. The summed E-state index contributed by atoms with van der Waals surface area (Å²) in [6, 6.07) is 0. The molecule has 11 heavy (non-hydrogen) atoms. The molecule has 7 unspecified atom stereocenters. The van der Waals surface area contributed by atoms with Crippen molar-refractivity contribution < 1.29 is 5.11 Å². The van der Waals surface area contributed by atoms with Crippen molar-refractivity contribution in [1.82, 2.24) is 0 Å². The largest absolute Gasteiger partial charge is 0.392 e. The smallest absolute Gasteiger partial charge is 0.0636 e. The topological polar surface area (TPSA) is 20.2 Å². The van der Waals surface area contributed by atoms with Crippen LogP contribution in [0.15, 0.2) is 12.2 Å². The third kappa shape index (κ3) is 0.384. The van der Waals surface area contributed by atoms with Crippen LogP contribution in [0.3, 0.4) is 0 Å². The van der Waals surface area contributed by atoms with E-state index in [0.717, 1.165) is 23.7 Å². The molecule has 0 aromatic rings. The Hall–Kier alpha value is -0.300. The van der Waals surface area contributed by atoms with E-state index >= 15 is 0 Å². The van der Waals surface area contributed by atoms with Gasteiger partial charge in [0.2, 0.25) is 0 Å². The molecule has 1 N–H and O–H groups in total. The second kappa shape index (κ2) is 1.31. The molecule has 0 saturated heterocycles. The van der Waals surface area contributed by atoms with Crippen molar-refractivity contribution in [2.45, 2.75) is 12.5 Å². The fourth-order valence-electron chi connectivity index (χ4n) is 4.27. The molecular weight excluding hydrogens is 136 g/mol. The van der Waals surface area contributed by atoms with E-state index in [1.807, 2.05) is 0 Å². The van der Waals surface area contributed by atoms with Crippen molar-refractivity contribution >= 4 is 0 Å². The van der Waals surface area contributed by atoms with Crippen LogP contribution in [0.2, 0.25) is 0 Å². The number of hydrogen-bond donors (Lipinski definition) is 1. The summed E-state index contributed by atoms with van der Waals surface area (Å²) in [4.78, 5) is 0. The summed E-state index contributed by atoms with van der Waals surface area (Å²) in [5, 5.41) is 9.85. The maximum absolute atomic E-state index is 9.85. The van der Waals surface area contributed by atoms with Crippen molar-refractivity contribution in [3.8, 4) is 0 Å². The van der Waals surface area contributed by atoms with Crippen molar-refractivity contribution in [2.24, 2.45) is 35.5 Å². The van der Waals surface area contributed by atoms with Gasteiger partial charge >= 0.3 is 0 Å². The molecule has 0 aromatic heterocycles. The van der Waals surface area contributed by atoms with Crippen LogP contribution in [0.1, 0.15) is 6.42 Å². The van der Waals surface area contributed by atoms with Crippen LogP contribution < -0.4 is 0 Å². The average Bonchev–Trinajstić information content (AvgIpc) is 2.54. The van der Waals surface area contributed by atoms with E-state index in [1.54, 1.807) is 0 Å². The van der Waals surface area contributed by atoms with E-state index < -0.39 is 0 Å². The third-order valence-electron chi connectivity index (χ3n) is 4.58. The molecule has 7 atom stereocenters. The lowest BCUT2D eigenvalue weighted by molar-refractivity contribution is 0.0937. The predicted molar refractivity (Wildman–Crippen MR) is 40.7 cm³/mol. The first-order chi connectivity index (χ1) is 5.38. The lowest BCUT2D eigenvalue weighted by Crippen LogP contribution is -2.22. The van der Waals surface area contributed by atoms with Crippen LogP contribution in [-0.4, -0.2) is 11.2 Å². The zero-order valence-electron chi connectivity index (χ0n) is 6.35. The van der Waals surface area contributed by atoms with Crippen LogP contribution >= 0.6 is 0 Å². The van der Waals surface area contributed by atoms with Gasteiger partial charge in [-0.3, -0.25) is 0 Å². The van der Waals surface area contributed by atoms with Crippen molar-refractivity contribution in [2.75, 3.05) is 0 Å². The minimum absolute atomic E-state index is 0.0324. The molecule has 58 valence electrons.